The van der Waals surface area contributed by atoms with Crippen molar-refractivity contribution in [3.05, 3.63) is 0 Å². The molecule has 0 heterocycles. The highest BCUT2D eigenvalue weighted by atomic mass is 16.3. The smallest absolute Gasteiger partial charge is 0.0540 e. The van der Waals surface area contributed by atoms with Gasteiger partial charge in [0.2, 0.25) is 0 Å². The van der Waals surface area contributed by atoms with Gasteiger partial charge in [0.1, 0.15) is 0 Å². The van der Waals surface area contributed by atoms with Crippen LogP contribution in [0.3, 0.4) is 0 Å². The zero-order chi connectivity index (χ0) is 12.2. The molecule has 0 radical (unpaired) electrons. The minimum absolute atomic E-state index is 0.0111. The number of unbranched alkanes of at least 4 members (excludes halogenated alkanes) is 1. The van der Waals surface area contributed by atoms with E-state index in [4.69, 9.17) is 0 Å². The van der Waals surface area contributed by atoms with Crippen molar-refractivity contribution in [1.82, 2.24) is 0 Å². The Balaban J connectivity index is 2.54. The molecular weight excluding hydrogens is 196 g/mol. The number of aliphatic hydroxyl groups is 1. The van der Waals surface area contributed by atoms with Crippen molar-refractivity contribution in [2.45, 2.75) is 78.7 Å². The number of hydrogen-bond donors (Lipinski definition) is 1. The van der Waals surface area contributed by atoms with E-state index in [2.05, 4.69) is 27.7 Å². The van der Waals surface area contributed by atoms with E-state index < -0.39 is 0 Å². The van der Waals surface area contributed by atoms with Crippen LogP contribution in [0, 0.1) is 17.3 Å². The van der Waals surface area contributed by atoms with E-state index in [1.807, 2.05) is 0 Å². The molecule has 0 bridgehead atoms. The van der Waals surface area contributed by atoms with Gasteiger partial charge < -0.3 is 5.11 Å². The van der Waals surface area contributed by atoms with Crippen molar-refractivity contribution in [2.24, 2.45) is 17.3 Å². The molecule has 96 valence electrons. The Bertz CT molecular complexity index is 184. The monoisotopic (exact) mass is 226 g/mol. The van der Waals surface area contributed by atoms with Crippen LogP contribution < -0.4 is 0 Å². The van der Waals surface area contributed by atoms with Crippen LogP contribution in [0.25, 0.3) is 0 Å². The lowest BCUT2D eigenvalue weighted by Gasteiger charge is -2.40. The van der Waals surface area contributed by atoms with Gasteiger partial charge >= 0.3 is 0 Å². The molecule has 0 spiro atoms. The van der Waals surface area contributed by atoms with E-state index >= 15 is 0 Å². The van der Waals surface area contributed by atoms with Gasteiger partial charge in [0.05, 0.1) is 6.10 Å². The maximum absolute atomic E-state index is 9.59. The van der Waals surface area contributed by atoms with Gasteiger partial charge in [-0.25, -0.2) is 0 Å². The zero-order valence-electron chi connectivity index (χ0n) is 11.6. The Kier molecular flexibility index (Phi) is 5.30. The second-order valence-corrected chi connectivity index (χ2v) is 6.68. The van der Waals surface area contributed by atoms with Gasteiger partial charge in [-0.15, -0.1) is 0 Å². The molecule has 1 atom stereocenters. The molecule has 1 nitrogen and oxygen atoms in total. The molecule has 0 aromatic carbocycles. The lowest BCUT2D eigenvalue weighted by molar-refractivity contribution is 0.0543. The molecule has 0 amide bonds. The largest absolute Gasteiger partial charge is 0.393 e. The summed E-state index contributed by atoms with van der Waals surface area (Å²) >= 11 is 0. The highest BCUT2D eigenvalue weighted by Gasteiger charge is 2.33. The van der Waals surface area contributed by atoms with Gasteiger partial charge in [-0.1, -0.05) is 40.5 Å². The molecule has 1 unspecified atom stereocenters. The van der Waals surface area contributed by atoms with Crippen LogP contribution in [0.15, 0.2) is 0 Å². The van der Waals surface area contributed by atoms with Crippen molar-refractivity contribution in [2.75, 3.05) is 0 Å². The number of hydrogen-bond acceptors (Lipinski definition) is 1. The van der Waals surface area contributed by atoms with Gasteiger partial charge in [0.25, 0.3) is 0 Å². The highest BCUT2D eigenvalue weighted by molar-refractivity contribution is 4.84. The van der Waals surface area contributed by atoms with Crippen LogP contribution in [-0.2, 0) is 0 Å². The maximum atomic E-state index is 9.59. The number of rotatable bonds is 4. The molecule has 1 rings (SSSR count). The van der Waals surface area contributed by atoms with Crippen LogP contribution in [-0.4, -0.2) is 11.2 Å². The van der Waals surface area contributed by atoms with Gasteiger partial charge in [-0.2, -0.15) is 0 Å². The van der Waals surface area contributed by atoms with Crippen molar-refractivity contribution in [3.8, 4) is 0 Å². The van der Waals surface area contributed by atoms with Crippen molar-refractivity contribution < 1.29 is 5.11 Å². The molecule has 1 saturated carbocycles. The summed E-state index contributed by atoms with van der Waals surface area (Å²) in [7, 11) is 0. The Hall–Kier alpha value is -0.0400. The van der Waals surface area contributed by atoms with Gasteiger partial charge in [0.15, 0.2) is 0 Å². The molecule has 0 aromatic heterocycles. The predicted octanol–water partition coefficient (Wildman–Crippen LogP) is 4.39. The third-order valence-electron chi connectivity index (χ3n) is 4.29. The van der Waals surface area contributed by atoms with E-state index in [0.29, 0.717) is 5.41 Å². The van der Waals surface area contributed by atoms with Gasteiger partial charge in [-0.3, -0.25) is 0 Å². The van der Waals surface area contributed by atoms with E-state index in [0.717, 1.165) is 24.7 Å². The minimum atomic E-state index is -0.0111. The van der Waals surface area contributed by atoms with Crippen LogP contribution in [0.1, 0.15) is 72.6 Å². The van der Waals surface area contributed by atoms with E-state index in [1.54, 1.807) is 0 Å². The number of aliphatic hydroxyl groups excluding tert-OH is 1. The molecule has 1 N–H and O–H groups in total. The van der Waals surface area contributed by atoms with Crippen molar-refractivity contribution >= 4 is 0 Å². The quantitative estimate of drug-likeness (QED) is 0.753. The zero-order valence-corrected chi connectivity index (χ0v) is 11.6. The summed E-state index contributed by atoms with van der Waals surface area (Å²) in [5, 5.41) is 9.59. The Morgan fingerprint density at radius 3 is 2.12 bits per heavy atom. The first-order chi connectivity index (χ1) is 7.45. The maximum Gasteiger partial charge on any atom is 0.0540 e. The van der Waals surface area contributed by atoms with E-state index in [1.165, 1.54) is 32.1 Å². The molecular formula is C15H30O. The summed E-state index contributed by atoms with van der Waals surface area (Å²) in [5.41, 5.74) is 0.433. The summed E-state index contributed by atoms with van der Waals surface area (Å²) < 4.78 is 0. The third-order valence-corrected chi connectivity index (χ3v) is 4.29. The fourth-order valence-electron chi connectivity index (χ4n) is 3.30. The first-order valence-corrected chi connectivity index (χ1v) is 7.13. The summed E-state index contributed by atoms with van der Waals surface area (Å²) in [6, 6.07) is 0. The Labute approximate surface area is 102 Å². The molecule has 1 aliphatic rings. The lowest BCUT2D eigenvalue weighted by atomic mass is 9.66. The van der Waals surface area contributed by atoms with Crippen molar-refractivity contribution in [1.29, 1.82) is 0 Å². The SMILES string of the molecule is CCCCC(C1CCC(O)CC1)C(C)(C)C. The fraction of sp³-hybridized carbons (Fsp3) is 1.00. The molecule has 0 saturated heterocycles. The summed E-state index contributed by atoms with van der Waals surface area (Å²) in [4.78, 5) is 0. The molecule has 16 heavy (non-hydrogen) atoms. The average molecular weight is 226 g/mol. The molecule has 1 heteroatoms. The Morgan fingerprint density at radius 2 is 1.69 bits per heavy atom. The summed E-state index contributed by atoms with van der Waals surface area (Å²) in [6.07, 6.45) is 8.58. The first kappa shape index (κ1) is 14.0. The lowest BCUT2D eigenvalue weighted by Crippen LogP contribution is -2.32. The molecule has 0 aliphatic heterocycles. The second-order valence-electron chi connectivity index (χ2n) is 6.68. The molecule has 0 aromatic rings. The van der Waals surface area contributed by atoms with Crippen LogP contribution in [0.4, 0.5) is 0 Å². The summed E-state index contributed by atoms with van der Waals surface area (Å²) in [6.45, 7) is 9.44. The normalized spacial score (nSPS) is 29.1. The summed E-state index contributed by atoms with van der Waals surface area (Å²) in [5.74, 6) is 1.70. The average Bonchev–Trinajstić information content (AvgIpc) is 2.19. The Morgan fingerprint density at radius 1 is 1.12 bits per heavy atom. The molecule has 1 fully saturated rings. The first-order valence-electron chi connectivity index (χ1n) is 7.13. The fourth-order valence-corrected chi connectivity index (χ4v) is 3.30. The standard InChI is InChI=1S/C15H30O/c1-5-6-7-14(15(2,3)4)12-8-10-13(16)11-9-12/h12-14,16H,5-11H2,1-4H3. The van der Waals surface area contributed by atoms with Gasteiger partial charge in [-0.05, 0) is 49.4 Å². The second kappa shape index (κ2) is 6.05. The van der Waals surface area contributed by atoms with Crippen molar-refractivity contribution in [3.63, 3.8) is 0 Å². The van der Waals surface area contributed by atoms with Crippen LogP contribution in [0.5, 0.6) is 0 Å². The molecule has 1 aliphatic carbocycles. The van der Waals surface area contributed by atoms with Crippen LogP contribution in [0.2, 0.25) is 0 Å². The topological polar surface area (TPSA) is 20.2 Å². The third kappa shape index (κ3) is 4.08. The highest BCUT2D eigenvalue weighted by Crippen LogP contribution is 2.42. The van der Waals surface area contributed by atoms with Gasteiger partial charge in [0, 0.05) is 0 Å². The van der Waals surface area contributed by atoms with Crippen LogP contribution >= 0.6 is 0 Å². The van der Waals surface area contributed by atoms with E-state index in [-0.39, 0.29) is 6.10 Å². The van der Waals surface area contributed by atoms with E-state index in [9.17, 15) is 5.11 Å². The minimum Gasteiger partial charge on any atom is -0.393 e. The predicted molar refractivity (Wildman–Crippen MR) is 70.4 cm³/mol.